The van der Waals surface area contributed by atoms with E-state index >= 15 is 0 Å². The smallest absolute Gasteiger partial charge is 0.410 e. The third-order valence-corrected chi connectivity index (χ3v) is 8.29. The number of rotatable bonds is 4. The van der Waals surface area contributed by atoms with Gasteiger partial charge in [0.25, 0.3) is 0 Å². The molecule has 38 heavy (non-hydrogen) atoms. The fraction of sp³-hybridized carbons (Fsp3) is 0.281. The lowest BCUT2D eigenvalue weighted by Gasteiger charge is -2.47. The Bertz CT molecular complexity index is 1490. The summed E-state index contributed by atoms with van der Waals surface area (Å²) in [4.78, 5) is 33.3. The minimum atomic E-state index is -0.320. The molecule has 4 aromatic rings. The average molecular weight is 505 g/mol. The van der Waals surface area contributed by atoms with E-state index in [2.05, 4.69) is 29.2 Å². The molecule has 0 saturated carbocycles. The first-order valence-electron chi connectivity index (χ1n) is 13.3. The molecule has 1 aromatic heterocycles. The van der Waals surface area contributed by atoms with Gasteiger partial charge in [-0.2, -0.15) is 0 Å². The number of para-hydroxylation sites is 1. The van der Waals surface area contributed by atoms with E-state index in [1.54, 1.807) is 0 Å². The van der Waals surface area contributed by atoms with Gasteiger partial charge < -0.3 is 9.47 Å². The van der Waals surface area contributed by atoms with Crippen molar-refractivity contribution in [3.05, 3.63) is 102 Å². The van der Waals surface area contributed by atoms with Crippen molar-refractivity contribution in [2.45, 2.75) is 30.8 Å². The third kappa shape index (κ3) is 3.87. The number of pyridine rings is 1. The predicted octanol–water partition coefficient (Wildman–Crippen LogP) is 5.85. The van der Waals surface area contributed by atoms with Crippen LogP contribution in [-0.2, 0) is 9.47 Å². The fourth-order valence-electron chi connectivity index (χ4n) is 6.51. The Labute approximate surface area is 221 Å². The summed E-state index contributed by atoms with van der Waals surface area (Å²) in [5.74, 6) is -0.138. The van der Waals surface area contributed by atoms with Crippen LogP contribution < -0.4 is 0 Å². The van der Waals surface area contributed by atoms with E-state index in [0.29, 0.717) is 31.7 Å². The summed E-state index contributed by atoms with van der Waals surface area (Å²) in [5.41, 5.74) is 6.10. The molecule has 2 unspecified atom stereocenters. The van der Waals surface area contributed by atoms with E-state index in [4.69, 9.17) is 9.47 Å². The van der Waals surface area contributed by atoms with Crippen molar-refractivity contribution in [1.29, 1.82) is 0 Å². The van der Waals surface area contributed by atoms with Gasteiger partial charge in [0, 0.05) is 17.2 Å². The molecule has 3 aliphatic rings. The number of amides is 1. The highest BCUT2D eigenvalue weighted by Crippen LogP contribution is 2.44. The van der Waals surface area contributed by atoms with Gasteiger partial charge in [0.2, 0.25) is 0 Å². The normalized spacial score (nSPS) is 22.1. The zero-order valence-corrected chi connectivity index (χ0v) is 21.0. The van der Waals surface area contributed by atoms with E-state index in [1.807, 2.05) is 65.6 Å². The molecule has 0 N–H and O–H groups in total. The highest BCUT2D eigenvalue weighted by atomic mass is 16.6. The Morgan fingerprint density at radius 1 is 0.816 bits per heavy atom. The highest BCUT2D eigenvalue weighted by Gasteiger charge is 2.45. The topological polar surface area (TPSA) is 68.7 Å². The van der Waals surface area contributed by atoms with Crippen molar-refractivity contribution >= 4 is 22.8 Å². The number of ether oxygens (including phenoxy) is 2. The van der Waals surface area contributed by atoms with Crippen LogP contribution in [0.15, 0.2) is 84.9 Å². The molecule has 2 atom stereocenters. The lowest BCUT2D eigenvalue weighted by atomic mass is 9.81. The van der Waals surface area contributed by atoms with Crippen LogP contribution in [0.1, 0.15) is 40.4 Å². The molecular formula is C32H28N2O4. The molecule has 7 rings (SSSR count). The standard InChI is InChI=1S/C32H28N2O4/c35-31(30-14-13-20-7-1-6-12-29(20)33-30)21-15-22-17-37-18-23(16-21)34(22)32(36)38-19-28-26-10-4-2-8-24(26)25-9-3-5-11-27(25)28/h1-14,21-23,28H,15-19H2. The Morgan fingerprint density at radius 3 is 2.16 bits per heavy atom. The first-order chi connectivity index (χ1) is 18.7. The monoisotopic (exact) mass is 504 g/mol. The summed E-state index contributed by atoms with van der Waals surface area (Å²) < 4.78 is 11.8. The SMILES string of the molecule is O=C(c1ccc2ccccc2n1)C1CC2COCC(C1)N2C(=O)OCC1c2ccccc2-c2ccccc21. The maximum Gasteiger partial charge on any atom is 0.410 e. The number of ketones is 1. The van der Waals surface area contributed by atoms with Gasteiger partial charge in [0.05, 0.1) is 30.8 Å². The van der Waals surface area contributed by atoms with Crippen LogP contribution >= 0.6 is 0 Å². The lowest BCUT2D eigenvalue weighted by Crippen LogP contribution is -2.60. The van der Waals surface area contributed by atoms with Crippen molar-refractivity contribution in [2.24, 2.45) is 5.92 Å². The second-order valence-electron chi connectivity index (χ2n) is 10.5. The number of aromatic nitrogens is 1. The van der Waals surface area contributed by atoms with Crippen molar-refractivity contribution in [1.82, 2.24) is 9.88 Å². The van der Waals surface area contributed by atoms with Gasteiger partial charge in [-0.15, -0.1) is 0 Å². The maximum atomic E-state index is 13.4. The maximum absolute atomic E-state index is 13.4. The lowest BCUT2D eigenvalue weighted by molar-refractivity contribution is -0.0748. The number of hydrogen-bond donors (Lipinski definition) is 0. The second-order valence-corrected chi connectivity index (χ2v) is 10.5. The van der Waals surface area contributed by atoms with Crippen LogP contribution in [0.5, 0.6) is 0 Å². The highest BCUT2D eigenvalue weighted by molar-refractivity contribution is 5.98. The van der Waals surface area contributed by atoms with E-state index in [0.717, 1.165) is 10.9 Å². The molecule has 1 amide bonds. The summed E-state index contributed by atoms with van der Waals surface area (Å²) in [5, 5.41) is 1.01. The average Bonchev–Trinajstić information content (AvgIpc) is 3.28. The number of benzene rings is 3. The fourth-order valence-corrected chi connectivity index (χ4v) is 6.51. The number of carbonyl (C=O) groups is 2. The number of morpholine rings is 1. The van der Waals surface area contributed by atoms with Gasteiger partial charge in [0.15, 0.2) is 5.78 Å². The molecule has 6 heteroatoms. The van der Waals surface area contributed by atoms with Crippen LogP contribution in [0.2, 0.25) is 0 Å². The van der Waals surface area contributed by atoms with Gasteiger partial charge in [0.1, 0.15) is 12.3 Å². The predicted molar refractivity (Wildman–Crippen MR) is 144 cm³/mol. The zero-order chi connectivity index (χ0) is 25.6. The van der Waals surface area contributed by atoms with Crippen LogP contribution in [0.25, 0.3) is 22.0 Å². The number of hydrogen-bond acceptors (Lipinski definition) is 5. The van der Waals surface area contributed by atoms with Crippen molar-refractivity contribution < 1.29 is 19.1 Å². The van der Waals surface area contributed by atoms with Crippen molar-refractivity contribution in [3.8, 4) is 11.1 Å². The molecule has 1 aliphatic carbocycles. The minimum Gasteiger partial charge on any atom is -0.448 e. The van der Waals surface area contributed by atoms with E-state index in [9.17, 15) is 9.59 Å². The molecule has 0 spiro atoms. The molecule has 6 nitrogen and oxygen atoms in total. The molecule has 3 heterocycles. The quantitative estimate of drug-likeness (QED) is 0.326. The molecule has 2 aliphatic heterocycles. The Hall–Kier alpha value is -4.03. The summed E-state index contributed by atoms with van der Waals surface area (Å²) >= 11 is 0. The van der Waals surface area contributed by atoms with Gasteiger partial charge in [-0.05, 0) is 47.2 Å². The van der Waals surface area contributed by atoms with Crippen LogP contribution in [0.4, 0.5) is 4.79 Å². The van der Waals surface area contributed by atoms with Gasteiger partial charge >= 0.3 is 6.09 Å². The Kier molecular flexibility index (Phi) is 5.70. The molecular weight excluding hydrogens is 476 g/mol. The third-order valence-electron chi connectivity index (χ3n) is 8.29. The van der Waals surface area contributed by atoms with Crippen LogP contribution in [-0.4, -0.2) is 53.7 Å². The second kappa shape index (κ2) is 9.37. The van der Waals surface area contributed by atoms with Gasteiger partial charge in [-0.25, -0.2) is 9.78 Å². The number of piperidine rings is 1. The summed E-state index contributed by atoms with van der Waals surface area (Å²) in [6.07, 6.45) is 0.780. The molecule has 190 valence electrons. The van der Waals surface area contributed by atoms with Crippen molar-refractivity contribution in [2.75, 3.05) is 19.8 Å². The molecule has 3 aromatic carbocycles. The molecule has 2 bridgehead atoms. The van der Waals surface area contributed by atoms with Gasteiger partial charge in [-0.1, -0.05) is 72.8 Å². The van der Waals surface area contributed by atoms with E-state index < -0.39 is 0 Å². The van der Waals surface area contributed by atoms with E-state index in [-0.39, 0.29) is 42.4 Å². The Balaban J connectivity index is 1.07. The van der Waals surface area contributed by atoms with Gasteiger partial charge in [-0.3, -0.25) is 9.69 Å². The largest absolute Gasteiger partial charge is 0.448 e. The minimum absolute atomic E-state index is 0.0144. The zero-order valence-electron chi connectivity index (χ0n) is 21.0. The van der Waals surface area contributed by atoms with E-state index in [1.165, 1.54) is 22.3 Å². The molecule has 2 fully saturated rings. The molecule has 0 radical (unpaired) electrons. The molecule has 2 saturated heterocycles. The summed E-state index contributed by atoms with van der Waals surface area (Å²) in [6, 6.07) is 27.9. The number of fused-ring (bicyclic) bond motifs is 6. The van der Waals surface area contributed by atoms with Crippen LogP contribution in [0.3, 0.4) is 0 Å². The van der Waals surface area contributed by atoms with Crippen molar-refractivity contribution in [3.63, 3.8) is 0 Å². The summed E-state index contributed by atoms with van der Waals surface area (Å²) in [7, 11) is 0. The first kappa shape index (κ1) is 23.1. The number of carbonyl (C=O) groups excluding carboxylic acids is 2. The summed E-state index contributed by atoms with van der Waals surface area (Å²) in [6.45, 7) is 1.11. The Morgan fingerprint density at radius 2 is 1.45 bits per heavy atom. The first-order valence-corrected chi connectivity index (χ1v) is 13.3. The number of Topliss-reactive ketones (excluding diaryl/α,β-unsaturated/α-hetero) is 1. The van der Waals surface area contributed by atoms with Crippen LogP contribution in [0, 0.1) is 5.92 Å². The number of nitrogens with zero attached hydrogens (tertiary/aromatic N) is 2.